The molecule has 5 heteroatoms. The van der Waals surface area contributed by atoms with Crippen LogP contribution in [0, 0.1) is 0 Å². The summed E-state index contributed by atoms with van der Waals surface area (Å²) in [6.45, 7) is 3.99. The predicted octanol–water partition coefficient (Wildman–Crippen LogP) is 5.25. The Kier molecular flexibility index (Phi) is 5.81. The summed E-state index contributed by atoms with van der Waals surface area (Å²) in [4.78, 5) is 16.5. The van der Waals surface area contributed by atoms with Gasteiger partial charge in [-0.25, -0.2) is 4.98 Å². The molecule has 1 aromatic heterocycles. The Morgan fingerprint density at radius 1 is 1.12 bits per heavy atom. The average Bonchev–Trinajstić information content (AvgIpc) is 3.09. The molecule has 0 radical (unpaired) electrons. The van der Waals surface area contributed by atoms with Crippen LogP contribution in [0.15, 0.2) is 66.1 Å². The van der Waals surface area contributed by atoms with Gasteiger partial charge in [-0.2, -0.15) is 0 Å². The van der Waals surface area contributed by atoms with Gasteiger partial charge >= 0.3 is 0 Å². The van der Waals surface area contributed by atoms with Crippen molar-refractivity contribution in [3.63, 3.8) is 0 Å². The van der Waals surface area contributed by atoms with Gasteiger partial charge in [-0.05, 0) is 49.8 Å². The molecule has 26 heavy (non-hydrogen) atoms. The summed E-state index contributed by atoms with van der Waals surface area (Å²) in [6, 6.07) is 17.5. The Morgan fingerprint density at radius 3 is 2.54 bits per heavy atom. The van der Waals surface area contributed by atoms with E-state index in [1.807, 2.05) is 73.8 Å². The van der Waals surface area contributed by atoms with E-state index in [1.165, 1.54) is 17.4 Å². The van der Waals surface area contributed by atoms with Crippen LogP contribution < -0.4 is 10.1 Å². The van der Waals surface area contributed by atoms with Gasteiger partial charge in [0, 0.05) is 17.0 Å². The number of amides is 1. The van der Waals surface area contributed by atoms with Crippen LogP contribution in [0.2, 0.25) is 0 Å². The van der Waals surface area contributed by atoms with E-state index in [9.17, 15) is 4.79 Å². The zero-order chi connectivity index (χ0) is 18.4. The summed E-state index contributed by atoms with van der Waals surface area (Å²) in [6.07, 6.45) is 3.43. The highest BCUT2D eigenvalue weighted by molar-refractivity contribution is 7.14. The predicted molar refractivity (Wildman–Crippen MR) is 107 cm³/mol. The van der Waals surface area contributed by atoms with Gasteiger partial charge in [-0.15, -0.1) is 11.3 Å². The van der Waals surface area contributed by atoms with Gasteiger partial charge in [0.1, 0.15) is 5.75 Å². The highest BCUT2D eigenvalue weighted by Gasteiger charge is 2.07. The molecule has 1 heterocycles. The molecule has 3 rings (SSSR count). The van der Waals surface area contributed by atoms with Crippen molar-refractivity contribution in [1.82, 2.24) is 4.98 Å². The maximum absolute atomic E-state index is 12.0. The summed E-state index contributed by atoms with van der Waals surface area (Å²) in [5.41, 5.74) is 2.79. The fourth-order valence-corrected chi connectivity index (χ4v) is 3.05. The molecule has 1 N–H and O–H groups in total. The maximum Gasteiger partial charge on any atom is 0.250 e. The minimum Gasteiger partial charge on any atom is -0.491 e. The zero-order valence-electron chi connectivity index (χ0n) is 14.7. The van der Waals surface area contributed by atoms with Gasteiger partial charge in [0.25, 0.3) is 0 Å². The summed E-state index contributed by atoms with van der Waals surface area (Å²) < 4.78 is 5.64. The quantitative estimate of drug-likeness (QED) is 0.608. The first-order chi connectivity index (χ1) is 12.6. The molecule has 0 saturated heterocycles. The first-order valence-corrected chi connectivity index (χ1v) is 9.25. The molecular formula is C21H20N2O2S. The van der Waals surface area contributed by atoms with Gasteiger partial charge in [0.15, 0.2) is 5.13 Å². The van der Waals surface area contributed by atoms with E-state index in [-0.39, 0.29) is 12.0 Å². The smallest absolute Gasteiger partial charge is 0.250 e. The first-order valence-electron chi connectivity index (χ1n) is 8.37. The molecular weight excluding hydrogens is 344 g/mol. The molecule has 0 saturated carbocycles. The summed E-state index contributed by atoms with van der Waals surface area (Å²) in [5.74, 6) is 0.633. The molecule has 0 aliphatic heterocycles. The second-order valence-corrected chi connectivity index (χ2v) is 6.82. The van der Waals surface area contributed by atoms with Crippen molar-refractivity contribution in [3.8, 4) is 17.0 Å². The van der Waals surface area contributed by atoms with Crippen molar-refractivity contribution in [3.05, 3.63) is 71.6 Å². The summed E-state index contributed by atoms with van der Waals surface area (Å²) in [5, 5.41) is 5.30. The molecule has 4 nitrogen and oxygen atoms in total. The number of carbonyl (C=O) groups is 1. The first kappa shape index (κ1) is 17.9. The van der Waals surface area contributed by atoms with E-state index < -0.39 is 0 Å². The van der Waals surface area contributed by atoms with Crippen molar-refractivity contribution >= 4 is 28.5 Å². The van der Waals surface area contributed by atoms with Crippen LogP contribution in [0.3, 0.4) is 0 Å². The van der Waals surface area contributed by atoms with Gasteiger partial charge in [0.05, 0.1) is 11.8 Å². The third-order valence-corrected chi connectivity index (χ3v) is 4.24. The molecule has 132 valence electrons. The number of benzene rings is 2. The number of anilines is 1. The molecule has 0 aliphatic rings. The lowest BCUT2D eigenvalue weighted by Gasteiger charge is -2.09. The molecule has 0 unspecified atom stereocenters. The number of aromatic nitrogens is 1. The number of ether oxygens (including phenoxy) is 1. The van der Waals surface area contributed by atoms with Crippen LogP contribution in [0.1, 0.15) is 19.4 Å². The Labute approximate surface area is 157 Å². The van der Waals surface area contributed by atoms with Crippen LogP contribution in [0.5, 0.6) is 5.75 Å². The van der Waals surface area contributed by atoms with Crippen LogP contribution >= 0.6 is 11.3 Å². The Morgan fingerprint density at radius 2 is 1.85 bits per heavy atom. The van der Waals surface area contributed by atoms with E-state index in [4.69, 9.17) is 4.74 Å². The van der Waals surface area contributed by atoms with Crippen molar-refractivity contribution in [2.75, 3.05) is 5.32 Å². The lowest BCUT2D eigenvalue weighted by atomic mass is 10.2. The van der Waals surface area contributed by atoms with E-state index in [1.54, 1.807) is 6.08 Å². The number of hydrogen-bond donors (Lipinski definition) is 1. The number of thiazole rings is 1. The molecule has 2 aromatic carbocycles. The van der Waals surface area contributed by atoms with E-state index in [2.05, 4.69) is 10.3 Å². The van der Waals surface area contributed by atoms with Gasteiger partial charge in [0.2, 0.25) is 5.91 Å². The largest absolute Gasteiger partial charge is 0.491 e. The van der Waals surface area contributed by atoms with E-state index in [0.717, 1.165) is 22.6 Å². The number of nitrogens with one attached hydrogen (secondary N) is 1. The number of carbonyl (C=O) groups excluding carboxylic acids is 1. The minimum atomic E-state index is -0.199. The topological polar surface area (TPSA) is 51.2 Å². The van der Waals surface area contributed by atoms with Crippen LogP contribution in [-0.2, 0) is 4.79 Å². The fraction of sp³-hybridized carbons (Fsp3) is 0.143. The standard InChI is InChI=1S/C21H20N2O2S/c1-15(2)25-18-11-9-17(10-12-18)19-14-26-21(22-19)23-20(24)13-8-16-6-4-3-5-7-16/h3-15H,1-2H3,(H,22,23,24)/b13-8+. The Balaban J connectivity index is 1.62. The van der Waals surface area contributed by atoms with Crippen molar-refractivity contribution < 1.29 is 9.53 Å². The molecule has 1 amide bonds. The third-order valence-electron chi connectivity index (χ3n) is 3.48. The number of nitrogens with zero attached hydrogens (tertiary/aromatic N) is 1. The van der Waals surface area contributed by atoms with Crippen molar-refractivity contribution in [2.24, 2.45) is 0 Å². The molecule has 0 fully saturated rings. The minimum absolute atomic E-state index is 0.144. The van der Waals surface area contributed by atoms with Gasteiger partial charge in [-0.1, -0.05) is 30.3 Å². The van der Waals surface area contributed by atoms with Crippen molar-refractivity contribution in [1.29, 1.82) is 0 Å². The second kappa shape index (κ2) is 8.45. The molecule has 3 aromatic rings. The lowest BCUT2D eigenvalue weighted by Crippen LogP contribution is -2.07. The number of rotatable bonds is 6. The van der Waals surface area contributed by atoms with Gasteiger partial charge in [-0.3, -0.25) is 10.1 Å². The summed E-state index contributed by atoms with van der Waals surface area (Å²) >= 11 is 1.40. The Hall–Kier alpha value is -2.92. The monoisotopic (exact) mass is 364 g/mol. The maximum atomic E-state index is 12.0. The zero-order valence-corrected chi connectivity index (χ0v) is 15.5. The molecule has 0 atom stereocenters. The van der Waals surface area contributed by atoms with Crippen LogP contribution in [0.25, 0.3) is 17.3 Å². The normalized spacial score (nSPS) is 11.0. The highest BCUT2D eigenvalue weighted by Crippen LogP contribution is 2.26. The van der Waals surface area contributed by atoms with Crippen LogP contribution in [-0.4, -0.2) is 17.0 Å². The molecule has 0 aliphatic carbocycles. The Bertz CT molecular complexity index is 884. The fourth-order valence-electron chi connectivity index (χ4n) is 2.32. The van der Waals surface area contributed by atoms with E-state index >= 15 is 0 Å². The third kappa shape index (κ3) is 5.04. The number of hydrogen-bond acceptors (Lipinski definition) is 4. The summed E-state index contributed by atoms with van der Waals surface area (Å²) in [7, 11) is 0. The van der Waals surface area contributed by atoms with Crippen LogP contribution in [0.4, 0.5) is 5.13 Å². The van der Waals surface area contributed by atoms with Gasteiger partial charge < -0.3 is 4.74 Å². The SMILES string of the molecule is CC(C)Oc1ccc(-c2csc(NC(=O)/C=C/c3ccccc3)n2)cc1. The highest BCUT2D eigenvalue weighted by atomic mass is 32.1. The lowest BCUT2D eigenvalue weighted by molar-refractivity contribution is -0.111. The second-order valence-electron chi connectivity index (χ2n) is 5.96. The molecule has 0 bridgehead atoms. The average molecular weight is 364 g/mol. The van der Waals surface area contributed by atoms with E-state index in [0.29, 0.717) is 5.13 Å². The van der Waals surface area contributed by atoms with Crippen molar-refractivity contribution in [2.45, 2.75) is 20.0 Å². The molecule has 0 spiro atoms.